The van der Waals surface area contributed by atoms with Gasteiger partial charge in [-0.1, -0.05) is 12.8 Å². The predicted molar refractivity (Wildman–Crippen MR) is 76.6 cm³/mol. The lowest BCUT2D eigenvalue weighted by atomic mass is 10.2. The van der Waals surface area contributed by atoms with Crippen molar-refractivity contribution in [3.8, 4) is 12.3 Å². The number of hydrogen-bond donors (Lipinski definition) is 1. The van der Waals surface area contributed by atoms with E-state index in [1.807, 2.05) is 12.1 Å². The van der Waals surface area contributed by atoms with Crippen molar-refractivity contribution in [1.82, 2.24) is 4.90 Å². The lowest BCUT2D eigenvalue weighted by molar-refractivity contribution is -0.144. The summed E-state index contributed by atoms with van der Waals surface area (Å²) in [6.45, 7) is 1.82. The summed E-state index contributed by atoms with van der Waals surface area (Å²) in [7, 11) is 0. The van der Waals surface area contributed by atoms with Crippen LogP contribution in [0, 0.1) is 18.3 Å². The summed E-state index contributed by atoms with van der Waals surface area (Å²) in [5.74, 6) is 3.89. The van der Waals surface area contributed by atoms with E-state index in [0.29, 0.717) is 18.3 Å². The number of hydrogen-bond acceptors (Lipinski definition) is 3. The molecule has 21 heavy (non-hydrogen) atoms. The van der Waals surface area contributed by atoms with Crippen LogP contribution >= 0.6 is 0 Å². The average Bonchev–Trinajstić information content (AvgIpc) is 2.98. The summed E-state index contributed by atoms with van der Waals surface area (Å²) in [6.07, 6.45) is 6.96. The molecule has 0 radical (unpaired) electrons. The van der Waals surface area contributed by atoms with Crippen molar-refractivity contribution in [2.75, 3.05) is 13.1 Å². The van der Waals surface area contributed by atoms with Crippen LogP contribution in [0.2, 0.25) is 0 Å². The molecule has 1 N–H and O–H groups in total. The average molecular weight is 289 g/mol. The first-order chi connectivity index (χ1) is 10.0. The minimum atomic E-state index is -1.07. The molecule has 1 saturated carbocycles. The lowest BCUT2D eigenvalue weighted by Crippen LogP contribution is -2.36. The van der Waals surface area contributed by atoms with Crippen LogP contribution in [-0.2, 0) is 16.0 Å². The molecule has 0 aromatic carbocycles. The highest BCUT2D eigenvalue weighted by Crippen LogP contribution is 2.47. The van der Waals surface area contributed by atoms with E-state index >= 15 is 0 Å². The largest absolute Gasteiger partial charge is 0.480 e. The standard InChI is InChI=1S/C16H19NO4/c1-3-8-17(10-16(19)20)15(18)7-5-12-4-6-14(21-12)13-9-11(13)2/h1,4,6,11,13H,5,7-10H2,2H3,(H,19,20). The topological polar surface area (TPSA) is 70.8 Å². The van der Waals surface area contributed by atoms with Crippen LogP contribution in [0.25, 0.3) is 0 Å². The van der Waals surface area contributed by atoms with Crippen molar-refractivity contribution in [2.45, 2.75) is 32.1 Å². The molecule has 112 valence electrons. The van der Waals surface area contributed by atoms with E-state index in [1.165, 1.54) is 0 Å². The van der Waals surface area contributed by atoms with Gasteiger partial charge in [0.05, 0.1) is 6.54 Å². The smallest absolute Gasteiger partial charge is 0.323 e. The third-order valence-electron chi connectivity index (χ3n) is 3.70. The van der Waals surface area contributed by atoms with Crippen molar-refractivity contribution in [3.05, 3.63) is 23.7 Å². The van der Waals surface area contributed by atoms with E-state index in [4.69, 9.17) is 15.9 Å². The van der Waals surface area contributed by atoms with Gasteiger partial charge in [-0.3, -0.25) is 9.59 Å². The van der Waals surface area contributed by atoms with E-state index in [-0.39, 0.29) is 25.4 Å². The first kappa shape index (κ1) is 15.2. The lowest BCUT2D eigenvalue weighted by Gasteiger charge is -2.17. The van der Waals surface area contributed by atoms with Crippen LogP contribution in [0.15, 0.2) is 16.5 Å². The maximum absolute atomic E-state index is 12.0. The monoisotopic (exact) mass is 289 g/mol. The third-order valence-corrected chi connectivity index (χ3v) is 3.70. The van der Waals surface area contributed by atoms with Gasteiger partial charge in [-0.25, -0.2) is 0 Å². The first-order valence-electron chi connectivity index (χ1n) is 7.03. The highest BCUT2D eigenvalue weighted by atomic mass is 16.4. The van der Waals surface area contributed by atoms with Crippen molar-refractivity contribution < 1.29 is 19.1 Å². The summed E-state index contributed by atoms with van der Waals surface area (Å²) in [5.41, 5.74) is 0. The molecule has 1 heterocycles. The Morgan fingerprint density at radius 3 is 2.81 bits per heavy atom. The predicted octanol–water partition coefficient (Wildman–Crippen LogP) is 1.88. The molecule has 1 amide bonds. The second-order valence-electron chi connectivity index (χ2n) is 5.47. The Morgan fingerprint density at radius 2 is 2.24 bits per heavy atom. The molecule has 1 aromatic heterocycles. The Hall–Kier alpha value is -2.22. The van der Waals surface area contributed by atoms with Gasteiger partial charge in [-0.2, -0.15) is 0 Å². The van der Waals surface area contributed by atoms with Crippen molar-refractivity contribution >= 4 is 11.9 Å². The molecule has 0 spiro atoms. The molecule has 2 unspecified atom stereocenters. The molecule has 5 heteroatoms. The second-order valence-corrected chi connectivity index (χ2v) is 5.47. The zero-order valence-electron chi connectivity index (χ0n) is 12.0. The number of aryl methyl sites for hydroxylation is 1. The maximum atomic E-state index is 12.0. The van der Waals surface area contributed by atoms with E-state index < -0.39 is 5.97 Å². The Kier molecular flexibility index (Phi) is 4.69. The van der Waals surface area contributed by atoms with Crippen LogP contribution in [0.4, 0.5) is 0 Å². The highest BCUT2D eigenvalue weighted by molar-refractivity contribution is 5.81. The van der Waals surface area contributed by atoms with Crippen LogP contribution in [0.3, 0.4) is 0 Å². The fourth-order valence-corrected chi connectivity index (χ4v) is 2.34. The van der Waals surface area contributed by atoms with Gasteiger partial charge < -0.3 is 14.4 Å². The van der Waals surface area contributed by atoms with Gasteiger partial charge in [-0.05, 0) is 24.5 Å². The Balaban J connectivity index is 1.86. The Labute approximate surface area is 123 Å². The molecule has 0 aliphatic heterocycles. The van der Waals surface area contributed by atoms with E-state index in [1.54, 1.807) is 0 Å². The molecule has 1 aliphatic rings. The Bertz CT molecular complexity index is 569. The zero-order valence-corrected chi connectivity index (χ0v) is 12.0. The number of rotatable bonds is 7. The van der Waals surface area contributed by atoms with Crippen molar-refractivity contribution in [1.29, 1.82) is 0 Å². The van der Waals surface area contributed by atoms with Gasteiger partial charge >= 0.3 is 5.97 Å². The molecular weight excluding hydrogens is 270 g/mol. The first-order valence-corrected chi connectivity index (χ1v) is 7.03. The minimum Gasteiger partial charge on any atom is -0.480 e. The normalized spacial score (nSPS) is 19.8. The summed E-state index contributed by atoms with van der Waals surface area (Å²) in [4.78, 5) is 23.8. The molecule has 1 fully saturated rings. The van der Waals surface area contributed by atoms with Gasteiger partial charge in [0, 0.05) is 18.8 Å². The fraction of sp³-hybridized carbons (Fsp3) is 0.500. The van der Waals surface area contributed by atoms with Gasteiger partial charge in [0.15, 0.2) is 0 Å². The fourth-order valence-electron chi connectivity index (χ4n) is 2.34. The van der Waals surface area contributed by atoms with Crippen LogP contribution in [0.5, 0.6) is 0 Å². The van der Waals surface area contributed by atoms with Gasteiger partial charge in [-0.15, -0.1) is 6.42 Å². The summed E-state index contributed by atoms with van der Waals surface area (Å²) >= 11 is 0. The molecular formula is C16H19NO4. The van der Waals surface area contributed by atoms with Crippen molar-refractivity contribution in [3.63, 3.8) is 0 Å². The van der Waals surface area contributed by atoms with E-state index in [0.717, 1.165) is 22.8 Å². The summed E-state index contributed by atoms with van der Waals surface area (Å²) in [6, 6.07) is 3.85. The van der Waals surface area contributed by atoms with Crippen molar-refractivity contribution in [2.24, 2.45) is 5.92 Å². The zero-order chi connectivity index (χ0) is 15.4. The van der Waals surface area contributed by atoms with E-state index in [9.17, 15) is 9.59 Å². The number of carboxylic acids is 1. The molecule has 1 aliphatic carbocycles. The van der Waals surface area contributed by atoms with Crippen LogP contribution < -0.4 is 0 Å². The second kappa shape index (κ2) is 6.49. The summed E-state index contributed by atoms with van der Waals surface area (Å²) < 4.78 is 5.72. The number of carboxylic acid groups (broad SMARTS) is 1. The highest BCUT2D eigenvalue weighted by Gasteiger charge is 2.36. The number of nitrogens with zero attached hydrogens (tertiary/aromatic N) is 1. The van der Waals surface area contributed by atoms with Gasteiger partial charge in [0.2, 0.25) is 5.91 Å². The number of furan rings is 1. The third kappa shape index (κ3) is 4.12. The molecule has 1 aromatic rings. The van der Waals surface area contributed by atoms with Gasteiger partial charge in [0.25, 0.3) is 0 Å². The molecule has 0 bridgehead atoms. The number of carbonyl (C=O) groups is 2. The number of amides is 1. The molecule has 0 saturated heterocycles. The molecule has 2 rings (SSSR count). The van der Waals surface area contributed by atoms with Gasteiger partial charge in [0.1, 0.15) is 18.1 Å². The van der Waals surface area contributed by atoms with Crippen LogP contribution in [-0.4, -0.2) is 35.0 Å². The van der Waals surface area contributed by atoms with E-state index in [2.05, 4.69) is 12.8 Å². The number of terminal acetylenes is 1. The minimum absolute atomic E-state index is 0.00806. The SMILES string of the molecule is C#CCN(CC(=O)O)C(=O)CCc1ccc(C2CC2C)o1. The summed E-state index contributed by atoms with van der Waals surface area (Å²) in [5, 5.41) is 8.76. The number of aliphatic carboxylic acids is 1. The van der Waals surface area contributed by atoms with Crippen LogP contribution in [0.1, 0.15) is 37.2 Å². The number of carbonyl (C=O) groups excluding carboxylic acids is 1. The Morgan fingerprint density at radius 1 is 1.52 bits per heavy atom. The maximum Gasteiger partial charge on any atom is 0.323 e. The molecule has 2 atom stereocenters. The quantitative estimate of drug-likeness (QED) is 0.778. The molecule has 5 nitrogen and oxygen atoms in total.